The number of rotatable bonds is 7. The molecule has 0 amide bonds. The molecule has 1 aromatic carbocycles. The number of methoxy groups -OCH3 is 1. The van der Waals surface area contributed by atoms with Gasteiger partial charge < -0.3 is 19.5 Å². The molecule has 7 heteroatoms. The normalized spacial score (nSPS) is 15.5. The minimum absolute atomic E-state index is 0.0197. The van der Waals surface area contributed by atoms with Gasteiger partial charge in [-0.1, -0.05) is 12.1 Å². The number of hydrogen-bond acceptors (Lipinski definition) is 5. The summed E-state index contributed by atoms with van der Waals surface area (Å²) in [7, 11) is 1.60. The van der Waals surface area contributed by atoms with Gasteiger partial charge in [-0.05, 0) is 56.1 Å². The number of benzene rings is 1. The fourth-order valence-corrected chi connectivity index (χ4v) is 4.17. The van der Waals surface area contributed by atoms with E-state index in [-0.39, 0.29) is 11.4 Å². The van der Waals surface area contributed by atoms with Crippen molar-refractivity contribution < 1.29 is 9.13 Å². The summed E-state index contributed by atoms with van der Waals surface area (Å²) in [6.45, 7) is 5.97. The number of aryl methyl sites for hydroxylation is 1. The zero-order chi connectivity index (χ0) is 21.8. The minimum Gasteiger partial charge on any atom is -0.495 e. The summed E-state index contributed by atoms with van der Waals surface area (Å²) in [6.07, 6.45) is 3.78. The lowest BCUT2D eigenvalue weighted by molar-refractivity contribution is 0.191. The van der Waals surface area contributed by atoms with E-state index in [1.165, 1.54) is 6.07 Å². The quantitative estimate of drug-likeness (QED) is 0.632. The van der Waals surface area contributed by atoms with Crippen molar-refractivity contribution in [1.29, 1.82) is 0 Å². The van der Waals surface area contributed by atoms with E-state index < -0.39 is 0 Å². The van der Waals surface area contributed by atoms with Crippen molar-refractivity contribution in [3.63, 3.8) is 0 Å². The predicted octanol–water partition coefficient (Wildman–Crippen LogP) is 3.11. The van der Waals surface area contributed by atoms with E-state index in [1.807, 2.05) is 18.2 Å². The average Bonchev–Trinajstić information content (AvgIpc) is 2.79. The van der Waals surface area contributed by atoms with Gasteiger partial charge in [0.1, 0.15) is 11.6 Å². The molecule has 2 aromatic heterocycles. The van der Waals surface area contributed by atoms with E-state index >= 15 is 0 Å². The molecule has 31 heavy (non-hydrogen) atoms. The molecule has 6 nitrogen and oxygen atoms in total. The van der Waals surface area contributed by atoms with Crippen molar-refractivity contribution in [2.24, 2.45) is 0 Å². The molecule has 4 rings (SSSR count). The van der Waals surface area contributed by atoms with Crippen LogP contribution in [0.4, 0.5) is 4.39 Å². The third-order valence-electron chi connectivity index (χ3n) is 6.09. The van der Waals surface area contributed by atoms with Crippen molar-refractivity contribution in [3.05, 3.63) is 69.9 Å². The van der Waals surface area contributed by atoms with Crippen LogP contribution in [-0.2, 0) is 13.1 Å². The number of ether oxygens (including phenoxy) is 1. The van der Waals surface area contributed by atoms with Gasteiger partial charge in [0.2, 0.25) is 0 Å². The number of aromatic nitrogens is 2. The summed E-state index contributed by atoms with van der Waals surface area (Å²) >= 11 is 0. The van der Waals surface area contributed by atoms with E-state index in [2.05, 4.69) is 15.2 Å². The van der Waals surface area contributed by atoms with E-state index in [0.29, 0.717) is 23.9 Å². The maximum absolute atomic E-state index is 13.4. The second-order valence-corrected chi connectivity index (χ2v) is 8.18. The van der Waals surface area contributed by atoms with E-state index in [0.717, 1.165) is 55.6 Å². The minimum atomic E-state index is -0.156. The SMILES string of the molecule is COc1cnc2ccc(=O)n(CCN3CCC(NCc4ccc(F)c(C)c4)CC3)c2c1. The van der Waals surface area contributed by atoms with Crippen molar-refractivity contribution in [3.8, 4) is 5.75 Å². The van der Waals surface area contributed by atoms with Crippen LogP contribution in [0.25, 0.3) is 11.0 Å². The first kappa shape index (κ1) is 21.5. The molecule has 1 fully saturated rings. The summed E-state index contributed by atoms with van der Waals surface area (Å²) in [5.74, 6) is 0.492. The van der Waals surface area contributed by atoms with Gasteiger partial charge in [0.15, 0.2) is 0 Å². The van der Waals surface area contributed by atoms with Crippen LogP contribution < -0.4 is 15.6 Å². The van der Waals surface area contributed by atoms with Crippen molar-refractivity contribution in [1.82, 2.24) is 19.8 Å². The Labute approximate surface area is 181 Å². The zero-order valence-corrected chi connectivity index (χ0v) is 18.1. The van der Waals surface area contributed by atoms with Crippen LogP contribution in [0.3, 0.4) is 0 Å². The van der Waals surface area contributed by atoms with Gasteiger partial charge in [-0.2, -0.15) is 0 Å². The highest BCUT2D eigenvalue weighted by Crippen LogP contribution is 2.17. The first-order valence-corrected chi connectivity index (χ1v) is 10.8. The Bertz CT molecular complexity index is 1110. The van der Waals surface area contributed by atoms with Crippen LogP contribution in [0, 0.1) is 12.7 Å². The van der Waals surface area contributed by atoms with E-state index in [4.69, 9.17) is 4.74 Å². The van der Waals surface area contributed by atoms with Crippen molar-refractivity contribution in [2.45, 2.75) is 38.9 Å². The molecule has 1 N–H and O–H groups in total. The smallest absolute Gasteiger partial charge is 0.251 e. The molecule has 164 valence electrons. The van der Waals surface area contributed by atoms with Gasteiger partial charge >= 0.3 is 0 Å². The third-order valence-corrected chi connectivity index (χ3v) is 6.09. The molecule has 0 spiro atoms. The van der Waals surface area contributed by atoms with E-state index in [1.54, 1.807) is 36.9 Å². The Kier molecular flexibility index (Phi) is 6.63. The Morgan fingerprint density at radius 1 is 1.16 bits per heavy atom. The maximum atomic E-state index is 13.4. The van der Waals surface area contributed by atoms with Crippen LogP contribution in [0.5, 0.6) is 5.75 Å². The standard InChI is InChI=1S/C24H29FN4O2/c1-17-13-18(3-4-21(17)25)15-26-19-7-9-28(10-8-19)11-12-29-23-14-20(31-2)16-27-22(23)5-6-24(29)30/h3-6,13-14,16,19,26H,7-12,15H2,1-2H3. The lowest BCUT2D eigenvalue weighted by atomic mass is 10.0. The van der Waals surface area contributed by atoms with E-state index in [9.17, 15) is 9.18 Å². The molecule has 0 aliphatic carbocycles. The maximum Gasteiger partial charge on any atom is 0.251 e. The van der Waals surface area contributed by atoms with Crippen LogP contribution >= 0.6 is 0 Å². The monoisotopic (exact) mass is 424 g/mol. The first-order valence-electron chi connectivity index (χ1n) is 10.8. The van der Waals surface area contributed by atoms with Gasteiger partial charge in [-0.15, -0.1) is 0 Å². The summed E-state index contributed by atoms with van der Waals surface area (Å²) in [5.41, 5.74) is 3.37. The largest absolute Gasteiger partial charge is 0.495 e. The number of likely N-dealkylation sites (tertiary alicyclic amines) is 1. The second-order valence-electron chi connectivity index (χ2n) is 8.18. The average molecular weight is 425 g/mol. The highest BCUT2D eigenvalue weighted by atomic mass is 19.1. The number of piperidine rings is 1. The van der Waals surface area contributed by atoms with Crippen LogP contribution in [0.1, 0.15) is 24.0 Å². The third kappa shape index (κ3) is 5.11. The second kappa shape index (κ2) is 9.58. The van der Waals surface area contributed by atoms with Crippen LogP contribution in [0.15, 0.2) is 47.4 Å². The highest BCUT2D eigenvalue weighted by molar-refractivity contribution is 5.75. The Hall–Kier alpha value is -2.77. The Morgan fingerprint density at radius 3 is 2.71 bits per heavy atom. The van der Waals surface area contributed by atoms with Gasteiger partial charge in [-0.25, -0.2) is 4.39 Å². The molecule has 0 bridgehead atoms. The number of fused-ring (bicyclic) bond motifs is 1. The molecule has 0 radical (unpaired) electrons. The van der Waals surface area contributed by atoms with Gasteiger partial charge in [0.05, 0.1) is 24.3 Å². The summed E-state index contributed by atoms with van der Waals surface area (Å²) < 4.78 is 20.5. The summed E-state index contributed by atoms with van der Waals surface area (Å²) in [4.78, 5) is 19.3. The molecular weight excluding hydrogens is 395 g/mol. The number of hydrogen-bond donors (Lipinski definition) is 1. The highest BCUT2D eigenvalue weighted by Gasteiger charge is 2.19. The number of nitrogens with one attached hydrogen (secondary N) is 1. The fraction of sp³-hybridized carbons (Fsp3) is 0.417. The van der Waals surface area contributed by atoms with Gasteiger partial charge in [0, 0.05) is 37.8 Å². The molecule has 3 aromatic rings. The molecular formula is C24H29FN4O2. The molecule has 1 saturated heterocycles. The lowest BCUT2D eigenvalue weighted by Gasteiger charge is -2.32. The zero-order valence-electron chi connectivity index (χ0n) is 18.1. The number of halogens is 1. The van der Waals surface area contributed by atoms with Gasteiger partial charge in [0.25, 0.3) is 5.56 Å². The van der Waals surface area contributed by atoms with Crippen molar-refractivity contribution >= 4 is 11.0 Å². The van der Waals surface area contributed by atoms with Crippen molar-refractivity contribution in [2.75, 3.05) is 26.7 Å². The molecule has 0 atom stereocenters. The van der Waals surface area contributed by atoms with Gasteiger partial charge in [-0.3, -0.25) is 9.78 Å². The molecule has 3 heterocycles. The van der Waals surface area contributed by atoms with Crippen LogP contribution in [0.2, 0.25) is 0 Å². The molecule has 1 aliphatic rings. The first-order chi connectivity index (χ1) is 15.0. The number of pyridine rings is 2. The number of nitrogens with zero attached hydrogens (tertiary/aromatic N) is 3. The fourth-order valence-electron chi connectivity index (χ4n) is 4.17. The van der Waals surface area contributed by atoms with Crippen LogP contribution in [-0.4, -0.2) is 47.2 Å². The molecule has 0 unspecified atom stereocenters. The Morgan fingerprint density at radius 2 is 1.97 bits per heavy atom. The predicted molar refractivity (Wildman–Crippen MR) is 120 cm³/mol. The summed E-state index contributed by atoms with van der Waals surface area (Å²) in [5, 5.41) is 3.60. The molecule has 0 saturated carbocycles. The Balaban J connectivity index is 1.31. The molecule has 1 aliphatic heterocycles. The topological polar surface area (TPSA) is 59.4 Å². The summed E-state index contributed by atoms with van der Waals surface area (Å²) in [6, 6.07) is 10.9. The lowest BCUT2D eigenvalue weighted by Crippen LogP contribution is -2.43.